The van der Waals surface area contributed by atoms with Crippen molar-refractivity contribution in [3.8, 4) is 5.75 Å². The van der Waals surface area contributed by atoms with Crippen LogP contribution in [-0.2, 0) is 4.79 Å². The number of aromatic nitrogens is 2. The van der Waals surface area contributed by atoms with Gasteiger partial charge in [0.05, 0.1) is 25.4 Å². The molecular formula is C11H19N3O2. The molecule has 1 aromatic heterocycles. The van der Waals surface area contributed by atoms with Crippen LogP contribution in [0.3, 0.4) is 0 Å². The molecule has 1 rings (SSSR count). The normalized spacial score (nSPS) is 10.5. The van der Waals surface area contributed by atoms with Crippen molar-refractivity contribution in [3.05, 3.63) is 12.4 Å². The highest BCUT2D eigenvalue weighted by Crippen LogP contribution is 2.12. The fourth-order valence-electron chi connectivity index (χ4n) is 1.22. The highest BCUT2D eigenvalue weighted by molar-refractivity contribution is 5.75. The molecule has 0 spiro atoms. The van der Waals surface area contributed by atoms with E-state index in [1.54, 1.807) is 6.20 Å². The first-order valence-corrected chi connectivity index (χ1v) is 5.57. The van der Waals surface area contributed by atoms with Gasteiger partial charge in [-0.15, -0.1) is 0 Å². The summed E-state index contributed by atoms with van der Waals surface area (Å²) in [7, 11) is 0. The van der Waals surface area contributed by atoms with Gasteiger partial charge in [-0.1, -0.05) is 0 Å². The minimum absolute atomic E-state index is 0.0127. The van der Waals surface area contributed by atoms with Gasteiger partial charge < -0.3 is 10.1 Å². The third-order valence-electron chi connectivity index (χ3n) is 2.08. The fourth-order valence-corrected chi connectivity index (χ4v) is 1.22. The second-order valence-corrected chi connectivity index (χ2v) is 3.80. The summed E-state index contributed by atoms with van der Waals surface area (Å²) < 4.78 is 7.23. The van der Waals surface area contributed by atoms with Crippen molar-refractivity contribution in [2.45, 2.75) is 33.2 Å². The molecule has 0 aliphatic heterocycles. The molecule has 0 unspecified atom stereocenters. The van der Waals surface area contributed by atoms with Gasteiger partial charge in [0.2, 0.25) is 5.91 Å². The maximum Gasteiger partial charge on any atom is 0.223 e. The van der Waals surface area contributed by atoms with Crippen molar-refractivity contribution in [1.82, 2.24) is 15.1 Å². The number of nitrogens with one attached hydrogen (secondary N) is 1. The summed E-state index contributed by atoms with van der Waals surface area (Å²) in [6.07, 6.45) is 3.88. The minimum Gasteiger partial charge on any atom is -0.490 e. The van der Waals surface area contributed by atoms with E-state index in [2.05, 4.69) is 10.4 Å². The molecule has 0 saturated heterocycles. The maximum atomic E-state index is 11.1. The van der Waals surface area contributed by atoms with Crippen LogP contribution >= 0.6 is 0 Å². The Morgan fingerprint density at radius 2 is 2.38 bits per heavy atom. The predicted molar refractivity (Wildman–Crippen MR) is 61.4 cm³/mol. The first kappa shape index (κ1) is 12.5. The average Bonchev–Trinajstić information content (AvgIpc) is 2.67. The molecule has 0 aliphatic carbocycles. The number of carbonyl (C=O) groups excluding carboxylic acids is 1. The second kappa shape index (κ2) is 6.15. The Balaban J connectivity index is 2.29. The smallest absolute Gasteiger partial charge is 0.223 e. The second-order valence-electron chi connectivity index (χ2n) is 3.80. The number of hydrogen-bond acceptors (Lipinski definition) is 3. The fraction of sp³-hybridized carbons (Fsp3) is 0.636. The monoisotopic (exact) mass is 225 g/mol. The zero-order chi connectivity index (χ0) is 12.0. The standard InChI is InChI=1S/C11H19N3O2/c1-4-12-11(15)5-6-16-10-7-13-14(8-10)9(2)3/h7-9H,4-6H2,1-3H3,(H,12,15). The Bertz CT molecular complexity index is 334. The van der Waals surface area contributed by atoms with Crippen molar-refractivity contribution in [1.29, 1.82) is 0 Å². The van der Waals surface area contributed by atoms with E-state index in [9.17, 15) is 4.79 Å². The van der Waals surface area contributed by atoms with Crippen LogP contribution in [0.2, 0.25) is 0 Å². The number of hydrogen-bond donors (Lipinski definition) is 1. The largest absolute Gasteiger partial charge is 0.490 e. The van der Waals surface area contributed by atoms with Gasteiger partial charge in [-0.05, 0) is 20.8 Å². The van der Waals surface area contributed by atoms with E-state index in [1.807, 2.05) is 31.6 Å². The minimum atomic E-state index is 0.0127. The van der Waals surface area contributed by atoms with Crippen molar-refractivity contribution < 1.29 is 9.53 Å². The number of ether oxygens (including phenoxy) is 1. The van der Waals surface area contributed by atoms with Crippen molar-refractivity contribution >= 4 is 5.91 Å². The molecule has 0 aromatic carbocycles. The molecule has 0 atom stereocenters. The van der Waals surface area contributed by atoms with Crippen LogP contribution in [0.4, 0.5) is 0 Å². The van der Waals surface area contributed by atoms with Gasteiger partial charge >= 0.3 is 0 Å². The summed E-state index contributed by atoms with van der Waals surface area (Å²) in [5.41, 5.74) is 0. The van der Waals surface area contributed by atoms with Crippen molar-refractivity contribution in [3.63, 3.8) is 0 Å². The lowest BCUT2D eigenvalue weighted by molar-refractivity contribution is -0.121. The lowest BCUT2D eigenvalue weighted by Gasteiger charge is -2.04. The summed E-state index contributed by atoms with van der Waals surface area (Å²) in [5.74, 6) is 0.719. The molecule has 0 radical (unpaired) electrons. The Hall–Kier alpha value is -1.52. The van der Waals surface area contributed by atoms with Gasteiger partial charge in [-0.3, -0.25) is 9.48 Å². The van der Waals surface area contributed by atoms with E-state index in [-0.39, 0.29) is 5.91 Å². The van der Waals surface area contributed by atoms with Gasteiger partial charge in [0.15, 0.2) is 5.75 Å². The molecule has 1 aromatic rings. The SMILES string of the molecule is CCNC(=O)CCOc1cnn(C(C)C)c1. The van der Waals surface area contributed by atoms with Gasteiger partial charge in [0.25, 0.3) is 0 Å². The van der Waals surface area contributed by atoms with Crippen LogP contribution in [0.15, 0.2) is 12.4 Å². The van der Waals surface area contributed by atoms with Crippen molar-refractivity contribution in [2.24, 2.45) is 0 Å². The summed E-state index contributed by atoms with van der Waals surface area (Å²) in [6.45, 7) is 7.03. The topological polar surface area (TPSA) is 56.1 Å². The third-order valence-corrected chi connectivity index (χ3v) is 2.08. The third kappa shape index (κ3) is 3.92. The van der Waals surface area contributed by atoms with Crippen LogP contribution in [0.5, 0.6) is 5.75 Å². The Morgan fingerprint density at radius 1 is 1.62 bits per heavy atom. The highest BCUT2D eigenvalue weighted by atomic mass is 16.5. The Morgan fingerprint density at radius 3 is 2.94 bits per heavy atom. The number of rotatable bonds is 6. The first-order chi connectivity index (χ1) is 7.63. The predicted octanol–water partition coefficient (Wildman–Crippen LogP) is 1.37. The van der Waals surface area contributed by atoms with Crippen LogP contribution in [0, 0.1) is 0 Å². The zero-order valence-corrected chi connectivity index (χ0v) is 10.1. The molecule has 0 bridgehead atoms. The lowest BCUT2D eigenvalue weighted by Crippen LogP contribution is -2.24. The number of amides is 1. The molecule has 5 heteroatoms. The molecule has 0 fully saturated rings. The number of carbonyl (C=O) groups is 1. The molecular weight excluding hydrogens is 206 g/mol. The van der Waals surface area contributed by atoms with Gasteiger partial charge in [-0.2, -0.15) is 5.10 Å². The zero-order valence-electron chi connectivity index (χ0n) is 10.1. The lowest BCUT2D eigenvalue weighted by atomic mass is 10.4. The van der Waals surface area contributed by atoms with Crippen LogP contribution in [0.25, 0.3) is 0 Å². The first-order valence-electron chi connectivity index (χ1n) is 5.57. The molecule has 5 nitrogen and oxygen atoms in total. The molecule has 0 saturated carbocycles. The molecule has 90 valence electrons. The van der Waals surface area contributed by atoms with E-state index >= 15 is 0 Å². The van der Waals surface area contributed by atoms with E-state index < -0.39 is 0 Å². The van der Waals surface area contributed by atoms with E-state index in [4.69, 9.17) is 4.74 Å². The van der Waals surface area contributed by atoms with Gasteiger partial charge in [0.1, 0.15) is 0 Å². The van der Waals surface area contributed by atoms with Crippen LogP contribution in [-0.4, -0.2) is 28.8 Å². The van der Waals surface area contributed by atoms with E-state index in [1.165, 1.54) is 0 Å². The van der Waals surface area contributed by atoms with Crippen LogP contribution < -0.4 is 10.1 Å². The summed E-state index contributed by atoms with van der Waals surface area (Å²) in [4.78, 5) is 11.1. The summed E-state index contributed by atoms with van der Waals surface area (Å²) >= 11 is 0. The molecule has 0 aliphatic rings. The Kier molecular flexibility index (Phi) is 4.82. The van der Waals surface area contributed by atoms with Crippen molar-refractivity contribution in [2.75, 3.05) is 13.2 Å². The van der Waals surface area contributed by atoms with E-state index in [0.29, 0.717) is 31.4 Å². The molecule has 1 N–H and O–H groups in total. The molecule has 16 heavy (non-hydrogen) atoms. The quantitative estimate of drug-likeness (QED) is 0.795. The Labute approximate surface area is 95.8 Å². The van der Waals surface area contributed by atoms with Gasteiger partial charge in [0, 0.05) is 12.6 Å². The molecule has 1 amide bonds. The molecule has 1 heterocycles. The maximum absolute atomic E-state index is 11.1. The van der Waals surface area contributed by atoms with E-state index in [0.717, 1.165) is 0 Å². The van der Waals surface area contributed by atoms with Gasteiger partial charge in [-0.25, -0.2) is 0 Å². The summed E-state index contributed by atoms with van der Waals surface area (Å²) in [6, 6.07) is 0.320. The summed E-state index contributed by atoms with van der Waals surface area (Å²) in [5, 5.41) is 6.86. The highest BCUT2D eigenvalue weighted by Gasteiger charge is 2.04. The van der Waals surface area contributed by atoms with Crippen LogP contribution in [0.1, 0.15) is 33.2 Å². The average molecular weight is 225 g/mol. The number of nitrogens with zero attached hydrogens (tertiary/aromatic N) is 2.